The maximum absolute atomic E-state index is 12.6. The third-order valence-corrected chi connectivity index (χ3v) is 8.08. The second-order valence-electron chi connectivity index (χ2n) is 10.2. The molecule has 0 saturated heterocycles. The normalized spacial score (nSPS) is 10.2. The van der Waals surface area contributed by atoms with Gasteiger partial charge in [0.15, 0.2) is 23.0 Å². The van der Waals surface area contributed by atoms with E-state index in [0.29, 0.717) is 24.7 Å². The van der Waals surface area contributed by atoms with Crippen molar-refractivity contribution in [1.29, 1.82) is 0 Å². The van der Waals surface area contributed by atoms with Crippen molar-refractivity contribution in [3.63, 3.8) is 0 Å². The van der Waals surface area contributed by atoms with Crippen LogP contribution in [0.3, 0.4) is 0 Å². The van der Waals surface area contributed by atoms with Crippen molar-refractivity contribution in [2.24, 2.45) is 0 Å². The van der Waals surface area contributed by atoms with Gasteiger partial charge in [0.25, 0.3) is 0 Å². The zero-order valence-corrected chi connectivity index (χ0v) is 29.7. The number of phenols is 1. The van der Waals surface area contributed by atoms with Gasteiger partial charge in [0.1, 0.15) is 18.1 Å². The third kappa shape index (κ3) is 12.6. The largest absolute Gasteiger partial charge is 2.00 e. The Morgan fingerprint density at radius 3 is 1.57 bits per heavy atom. The van der Waals surface area contributed by atoms with Crippen LogP contribution >= 0.6 is 0 Å². The van der Waals surface area contributed by atoms with E-state index in [1.54, 1.807) is 24.3 Å². The molecule has 0 heterocycles. The van der Waals surface area contributed by atoms with E-state index < -0.39 is 10.1 Å². The quantitative estimate of drug-likeness (QED) is 0.109. The molecule has 0 saturated carbocycles. The van der Waals surface area contributed by atoms with Crippen molar-refractivity contribution in [2.75, 3.05) is 7.11 Å². The zero-order chi connectivity index (χ0) is 33.4. The summed E-state index contributed by atoms with van der Waals surface area (Å²) in [6.07, 6.45) is 1.74. The Kier molecular flexibility index (Phi) is 16.9. The molecule has 0 amide bonds. The van der Waals surface area contributed by atoms with Gasteiger partial charge < -0.3 is 26.7 Å². The van der Waals surface area contributed by atoms with Crippen LogP contribution in [0.2, 0.25) is 0 Å². The minimum Gasteiger partial charge on any atom is -1.00 e. The van der Waals surface area contributed by atoms with Gasteiger partial charge in [-0.25, -0.2) is 0 Å². The average molecular weight is 669 g/mol. The van der Waals surface area contributed by atoms with Crippen LogP contribution in [0.15, 0.2) is 126 Å². The first kappa shape index (κ1) is 39.2. The smallest absolute Gasteiger partial charge is 1.00 e. The van der Waals surface area contributed by atoms with E-state index >= 15 is 0 Å². The summed E-state index contributed by atoms with van der Waals surface area (Å²) in [5.74, 6) is 1.34. The molecule has 0 aliphatic rings. The predicted molar refractivity (Wildman–Crippen MR) is 190 cm³/mol. The van der Waals surface area contributed by atoms with Crippen LogP contribution < -0.4 is 13.7 Å². The molecule has 5 aromatic carbocycles. The van der Waals surface area contributed by atoms with Gasteiger partial charge in [0, 0.05) is 7.11 Å². The van der Waals surface area contributed by atoms with E-state index in [4.69, 9.17) is 18.8 Å². The molecule has 0 bridgehead atoms. The van der Waals surface area contributed by atoms with E-state index in [0.717, 1.165) is 47.8 Å². The molecule has 47 heavy (non-hydrogen) atoms. The number of ether oxygens (including phenoxy) is 2. The van der Waals surface area contributed by atoms with Crippen LogP contribution in [0.5, 0.6) is 23.0 Å². The monoisotopic (exact) mass is 668 g/mol. The Morgan fingerprint density at radius 2 is 1.06 bits per heavy atom. The summed E-state index contributed by atoms with van der Waals surface area (Å²) in [6, 6.07) is 37.0. The molecule has 5 rings (SSSR count). The van der Waals surface area contributed by atoms with Gasteiger partial charge >= 0.3 is 33.2 Å². The first-order valence-electron chi connectivity index (χ1n) is 15.0. The molecule has 0 aliphatic heterocycles. The number of aryl methyl sites for hydroxylation is 3. The van der Waals surface area contributed by atoms with E-state index in [1.807, 2.05) is 98.8 Å². The van der Waals surface area contributed by atoms with Gasteiger partial charge in [-0.2, -0.15) is 8.42 Å². The van der Waals surface area contributed by atoms with Gasteiger partial charge in [-0.3, -0.25) is 0 Å². The summed E-state index contributed by atoms with van der Waals surface area (Å²) < 4.78 is 42.1. The first-order valence-corrected chi connectivity index (χ1v) is 16.4. The topological polar surface area (TPSA) is 102 Å². The van der Waals surface area contributed by atoms with E-state index in [-0.39, 0.29) is 42.3 Å². The van der Waals surface area contributed by atoms with Crippen molar-refractivity contribution in [2.45, 2.75) is 51.7 Å². The van der Waals surface area contributed by atoms with Crippen LogP contribution in [-0.2, 0) is 36.2 Å². The molecule has 7 nitrogen and oxygen atoms in total. The zero-order valence-electron chi connectivity index (χ0n) is 29.4. The van der Waals surface area contributed by atoms with Crippen LogP contribution in [-0.4, -0.2) is 48.8 Å². The van der Waals surface area contributed by atoms with Crippen LogP contribution in [0, 0.1) is 6.92 Å². The Hall–Kier alpha value is -4.02. The molecule has 5 aromatic rings. The molecular formula is C38H44MgO7S. The number of aliphatic hydroxyl groups is 1. The number of rotatable bonds is 11. The number of hydrogen-bond donors (Lipinski definition) is 2. The second-order valence-corrected chi connectivity index (χ2v) is 11.7. The maximum Gasteiger partial charge on any atom is 2.00 e. The van der Waals surface area contributed by atoms with E-state index in [9.17, 15) is 13.5 Å². The molecule has 0 unspecified atom stereocenters. The van der Waals surface area contributed by atoms with Gasteiger partial charge in [0.2, 0.25) is 0 Å². The summed E-state index contributed by atoms with van der Waals surface area (Å²) >= 11 is 0. The van der Waals surface area contributed by atoms with Crippen molar-refractivity contribution in [1.82, 2.24) is 0 Å². The maximum atomic E-state index is 12.6. The second kappa shape index (κ2) is 20.3. The summed E-state index contributed by atoms with van der Waals surface area (Å²) in [5, 5.41) is 16.7. The molecule has 2 N–H and O–H groups in total. The Balaban J connectivity index is 0.000000913. The minimum atomic E-state index is -3.94. The summed E-state index contributed by atoms with van der Waals surface area (Å²) in [5.41, 5.74) is 5.26. The van der Waals surface area contributed by atoms with Crippen molar-refractivity contribution < 1.29 is 35.1 Å². The van der Waals surface area contributed by atoms with Crippen molar-refractivity contribution in [3.8, 4) is 23.0 Å². The third-order valence-electron chi connectivity index (χ3n) is 6.83. The van der Waals surface area contributed by atoms with Crippen LogP contribution in [0.4, 0.5) is 0 Å². The van der Waals surface area contributed by atoms with Gasteiger partial charge in [-0.1, -0.05) is 104 Å². The fourth-order valence-corrected chi connectivity index (χ4v) is 5.13. The number of aromatic hydroxyl groups is 1. The molecule has 0 atom stereocenters. The molecule has 0 spiro atoms. The summed E-state index contributed by atoms with van der Waals surface area (Å²) in [6.45, 7) is 6.81. The van der Waals surface area contributed by atoms with Gasteiger partial charge in [-0.15, -0.1) is 0 Å². The Morgan fingerprint density at radius 1 is 0.596 bits per heavy atom. The summed E-state index contributed by atoms with van der Waals surface area (Å²) in [4.78, 5) is 0.113. The van der Waals surface area contributed by atoms with Crippen molar-refractivity contribution in [3.05, 3.63) is 149 Å². The minimum absolute atomic E-state index is 0. The molecule has 0 aliphatic carbocycles. The fraction of sp³-hybridized carbons (Fsp3) is 0.211. The molecular weight excluding hydrogens is 625 g/mol. The van der Waals surface area contributed by atoms with Gasteiger partial charge in [0.05, 0.1) is 0 Å². The molecule has 0 radical (unpaired) electrons. The molecule has 0 aromatic heterocycles. The first-order chi connectivity index (χ1) is 22.3. The van der Waals surface area contributed by atoms with Crippen LogP contribution in [0.1, 0.15) is 44.5 Å². The number of hydrogen-bond acceptors (Lipinski definition) is 7. The van der Waals surface area contributed by atoms with E-state index in [1.165, 1.54) is 12.1 Å². The number of benzene rings is 5. The summed E-state index contributed by atoms with van der Waals surface area (Å²) in [7, 11) is -2.94. The number of phenolic OH excluding ortho intramolecular Hbond substituents is 1. The molecule has 0 fully saturated rings. The standard InChI is InChI=1S/C22H22O4S.C15H16O2.CH4O.Mg.2H/c1-3-18-11-14-21(22(15-18)25-16-19-7-5-4-6-8-19)26-27(23,24)20-12-9-17(2)10-13-20;1-2-12-8-9-14(16)15(10-12)17-11-13-6-4-3-5-7-13;1-2;;;/h4-15H,3,16H2,1-2H3;3-10,16H,2,11H2,1H3;2H,1H3;;;/q;;;+2;2*-1. The van der Waals surface area contributed by atoms with E-state index in [2.05, 4.69) is 6.92 Å². The van der Waals surface area contributed by atoms with Crippen molar-refractivity contribution >= 4 is 33.2 Å². The molecule has 246 valence electrons. The fourth-order valence-electron chi connectivity index (χ4n) is 4.19. The van der Waals surface area contributed by atoms with Crippen LogP contribution in [0.25, 0.3) is 0 Å². The predicted octanol–water partition coefficient (Wildman–Crippen LogP) is 7.89. The average Bonchev–Trinajstić information content (AvgIpc) is 3.09. The molecule has 9 heteroatoms. The number of aliphatic hydroxyl groups excluding tert-OH is 1. The van der Waals surface area contributed by atoms with Gasteiger partial charge in [-0.05, 0) is 78.4 Å². The SMILES string of the molecule is CCc1ccc(O)c(OCc2ccccc2)c1.CCc1ccc(OS(=O)(=O)c2ccc(C)cc2)c(OCc2ccccc2)c1.CO.[H-].[H-].[Mg+2]. The Labute approximate surface area is 298 Å². The Bertz CT molecular complexity index is 1740.